The second kappa shape index (κ2) is 18.5. The van der Waals surface area contributed by atoms with Crippen LogP contribution in [-0.2, 0) is 0 Å². The number of unbranched alkanes of at least 4 members (excludes halogenated alkanes) is 11. The van der Waals surface area contributed by atoms with Gasteiger partial charge >= 0.3 is 0 Å². The van der Waals surface area contributed by atoms with Crippen molar-refractivity contribution in [2.45, 2.75) is 84.0 Å². The van der Waals surface area contributed by atoms with Crippen molar-refractivity contribution in [2.75, 3.05) is 6.54 Å². The van der Waals surface area contributed by atoms with E-state index < -0.39 is 0 Å². The van der Waals surface area contributed by atoms with Gasteiger partial charge in [-0.2, -0.15) is 0 Å². The molecule has 0 radical (unpaired) electrons. The number of nitrogens with two attached hydrogens (primary N) is 1. The number of rotatable bonds is 17. The van der Waals surface area contributed by atoms with Gasteiger partial charge in [-0.3, -0.25) is 0 Å². The van der Waals surface area contributed by atoms with Crippen molar-refractivity contribution in [3.63, 3.8) is 0 Å². The molecule has 0 aliphatic rings. The van der Waals surface area contributed by atoms with Crippen LogP contribution in [0.15, 0.2) is 54.9 Å². The summed E-state index contributed by atoms with van der Waals surface area (Å²) in [6.07, 6.45) is 16.6. The molecule has 0 bridgehead atoms. The van der Waals surface area contributed by atoms with Crippen molar-refractivity contribution >= 4 is 0 Å². The van der Waals surface area contributed by atoms with E-state index in [1.165, 1.54) is 77.0 Å². The minimum atomic E-state index is 0. The summed E-state index contributed by atoms with van der Waals surface area (Å²) in [6.45, 7) is 11.4. The van der Waals surface area contributed by atoms with Crippen molar-refractivity contribution < 1.29 is 34.0 Å². The average molecular weight is 485 g/mol. The highest BCUT2D eigenvalue weighted by Crippen LogP contribution is 2.13. The molecular formula is C24H40INO. The predicted octanol–water partition coefficient (Wildman–Crippen LogP) is 3.36. The van der Waals surface area contributed by atoms with E-state index in [0.717, 1.165) is 18.0 Å². The van der Waals surface area contributed by atoms with E-state index >= 15 is 0 Å². The number of para-hydroxylation sites is 1. The Labute approximate surface area is 184 Å². The van der Waals surface area contributed by atoms with Gasteiger partial charge in [0, 0.05) is 0 Å². The Morgan fingerprint density at radius 1 is 0.778 bits per heavy atom. The number of hydrogen-bond donors (Lipinski definition) is 1. The zero-order valence-corrected chi connectivity index (χ0v) is 19.5. The molecule has 0 aliphatic heterocycles. The molecule has 0 spiro atoms. The monoisotopic (exact) mass is 485 g/mol. The lowest BCUT2D eigenvalue weighted by molar-refractivity contribution is -0.604. The molecule has 2 nitrogen and oxygen atoms in total. The van der Waals surface area contributed by atoms with E-state index in [4.69, 9.17) is 4.74 Å². The Kier molecular flexibility index (Phi) is 18.0. The number of ether oxygens (including phenoxy) is 1. The minimum Gasteiger partial charge on any atom is -1.00 e. The third-order valence-corrected chi connectivity index (χ3v) is 4.79. The largest absolute Gasteiger partial charge is 1.00 e. The SMILES string of the molecule is C=C([NH2+]CCCCCCCCCCCCCC)C(=C)Oc1ccccc1.[I-]. The Balaban J connectivity index is 0.00000676. The molecule has 0 saturated heterocycles. The summed E-state index contributed by atoms with van der Waals surface area (Å²) in [4.78, 5) is 0. The molecule has 1 aromatic carbocycles. The lowest BCUT2D eigenvalue weighted by Gasteiger charge is -2.09. The topological polar surface area (TPSA) is 25.8 Å². The number of hydrogen-bond acceptors (Lipinski definition) is 1. The van der Waals surface area contributed by atoms with E-state index in [1.807, 2.05) is 30.3 Å². The fourth-order valence-corrected chi connectivity index (χ4v) is 3.07. The molecule has 27 heavy (non-hydrogen) atoms. The van der Waals surface area contributed by atoms with Gasteiger partial charge in [-0.05, 0) is 38.1 Å². The van der Waals surface area contributed by atoms with Crippen LogP contribution in [0.1, 0.15) is 84.0 Å². The highest BCUT2D eigenvalue weighted by atomic mass is 127. The van der Waals surface area contributed by atoms with Crippen LogP contribution < -0.4 is 34.0 Å². The van der Waals surface area contributed by atoms with Gasteiger partial charge in [0.25, 0.3) is 0 Å². The Morgan fingerprint density at radius 3 is 1.78 bits per heavy atom. The third kappa shape index (κ3) is 14.9. The molecule has 0 fully saturated rings. The Bertz CT molecular complexity index is 486. The highest BCUT2D eigenvalue weighted by Gasteiger charge is 2.06. The summed E-state index contributed by atoms with van der Waals surface area (Å²) in [5, 5.41) is 2.15. The van der Waals surface area contributed by atoms with Crippen LogP contribution in [0.4, 0.5) is 0 Å². The van der Waals surface area contributed by atoms with Crippen LogP contribution in [0, 0.1) is 0 Å². The summed E-state index contributed by atoms with van der Waals surface area (Å²) < 4.78 is 5.71. The maximum absolute atomic E-state index is 5.71. The fraction of sp³-hybridized carbons (Fsp3) is 0.583. The van der Waals surface area contributed by atoms with Crippen molar-refractivity contribution in [3.05, 3.63) is 54.9 Å². The number of benzene rings is 1. The van der Waals surface area contributed by atoms with Crippen molar-refractivity contribution in [2.24, 2.45) is 0 Å². The van der Waals surface area contributed by atoms with E-state index in [9.17, 15) is 0 Å². The maximum Gasteiger partial charge on any atom is 0.180 e. The third-order valence-electron chi connectivity index (χ3n) is 4.79. The lowest BCUT2D eigenvalue weighted by Crippen LogP contribution is -3.00. The first-order valence-corrected chi connectivity index (χ1v) is 10.7. The fourth-order valence-electron chi connectivity index (χ4n) is 3.07. The van der Waals surface area contributed by atoms with Crippen molar-refractivity contribution in [1.82, 2.24) is 0 Å². The zero-order valence-electron chi connectivity index (χ0n) is 17.4. The smallest absolute Gasteiger partial charge is 0.180 e. The molecular weight excluding hydrogens is 445 g/mol. The summed E-state index contributed by atoms with van der Waals surface area (Å²) >= 11 is 0. The minimum absolute atomic E-state index is 0. The van der Waals surface area contributed by atoms with Crippen LogP contribution in [0.2, 0.25) is 0 Å². The van der Waals surface area contributed by atoms with Crippen LogP contribution in [0.3, 0.4) is 0 Å². The standard InChI is InChI=1S/C24H39NO.HI/c1-4-5-6-7-8-9-10-11-12-13-14-18-21-25-22(2)23(3)26-24-19-16-15-17-20-24;/h15-17,19-20,25H,2-14,18,21H2,1H3;1H. The first-order chi connectivity index (χ1) is 12.7. The normalized spacial score (nSPS) is 10.3. The summed E-state index contributed by atoms with van der Waals surface area (Å²) in [6, 6.07) is 9.76. The molecule has 0 saturated carbocycles. The average Bonchev–Trinajstić information content (AvgIpc) is 2.66. The molecule has 0 heterocycles. The van der Waals surface area contributed by atoms with Crippen LogP contribution in [0.5, 0.6) is 5.75 Å². The first kappa shape index (κ1) is 26.2. The van der Waals surface area contributed by atoms with Gasteiger partial charge in [-0.15, -0.1) is 0 Å². The van der Waals surface area contributed by atoms with E-state index in [0.29, 0.717) is 5.76 Å². The van der Waals surface area contributed by atoms with Gasteiger partial charge in [0.15, 0.2) is 11.5 Å². The molecule has 0 unspecified atom stereocenters. The van der Waals surface area contributed by atoms with E-state index in [1.54, 1.807) is 0 Å². The van der Waals surface area contributed by atoms with E-state index in [-0.39, 0.29) is 24.0 Å². The summed E-state index contributed by atoms with van der Waals surface area (Å²) in [7, 11) is 0. The highest BCUT2D eigenvalue weighted by molar-refractivity contribution is 5.26. The first-order valence-electron chi connectivity index (χ1n) is 10.7. The van der Waals surface area contributed by atoms with Crippen LogP contribution >= 0.6 is 0 Å². The maximum atomic E-state index is 5.71. The second-order valence-electron chi connectivity index (χ2n) is 7.25. The van der Waals surface area contributed by atoms with Gasteiger partial charge < -0.3 is 34.0 Å². The number of quaternary nitrogens is 1. The summed E-state index contributed by atoms with van der Waals surface area (Å²) in [5.41, 5.74) is 0.900. The zero-order chi connectivity index (χ0) is 18.9. The van der Waals surface area contributed by atoms with E-state index in [2.05, 4.69) is 25.4 Å². The quantitative estimate of drug-likeness (QED) is 0.156. The van der Waals surface area contributed by atoms with Gasteiger partial charge in [0.1, 0.15) is 5.75 Å². The molecule has 1 rings (SSSR count). The van der Waals surface area contributed by atoms with Gasteiger partial charge in [-0.1, -0.05) is 89.3 Å². The van der Waals surface area contributed by atoms with Gasteiger partial charge in [0.05, 0.1) is 6.54 Å². The lowest BCUT2D eigenvalue weighted by atomic mass is 10.1. The Morgan fingerprint density at radius 2 is 1.26 bits per heavy atom. The van der Waals surface area contributed by atoms with Crippen molar-refractivity contribution in [3.8, 4) is 5.75 Å². The van der Waals surface area contributed by atoms with Crippen LogP contribution in [-0.4, -0.2) is 6.54 Å². The number of halogens is 1. The molecule has 0 aromatic heterocycles. The predicted molar refractivity (Wildman–Crippen MR) is 113 cm³/mol. The molecule has 2 N–H and O–H groups in total. The van der Waals surface area contributed by atoms with Crippen LogP contribution in [0.25, 0.3) is 0 Å². The van der Waals surface area contributed by atoms with Crippen molar-refractivity contribution in [1.29, 1.82) is 0 Å². The molecule has 3 heteroatoms. The summed E-state index contributed by atoms with van der Waals surface area (Å²) in [5.74, 6) is 1.47. The molecule has 0 amide bonds. The molecule has 0 atom stereocenters. The van der Waals surface area contributed by atoms with Gasteiger partial charge in [0.2, 0.25) is 0 Å². The van der Waals surface area contributed by atoms with Gasteiger partial charge in [-0.25, -0.2) is 0 Å². The molecule has 154 valence electrons. The Hall–Kier alpha value is -0.810. The second-order valence-corrected chi connectivity index (χ2v) is 7.25. The molecule has 1 aromatic rings. The molecule has 0 aliphatic carbocycles.